The van der Waals surface area contributed by atoms with Crippen LogP contribution in [-0.4, -0.2) is 35.0 Å². The Morgan fingerprint density at radius 3 is 2.14 bits per heavy atom. The highest BCUT2D eigenvalue weighted by molar-refractivity contribution is 4.27. The van der Waals surface area contributed by atoms with Crippen molar-refractivity contribution in [3.63, 3.8) is 0 Å². The van der Waals surface area contributed by atoms with Gasteiger partial charge in [0.1, 0.15) is 6.79 Å². The predicted octanol–water partition coefficient (Wildman–Crippen LogP) is -1.74. The number of ether oxygens (including phenoxy) is 1. The fourth-order valence-corrected chi connectivity index (χ4v) is 0.139. The van der Waals surface area contributed by atoms with Gasteiger partial charge >= 0.3 is 0 Å². The Balaban J connectivity index is 2.83. The molecule has 0 bridgehead atoms. The number of hydrogen-bond acceptors (Lipinski definition) is 4. The van der Waals surface area contributed by atoms with E-state index < -0.39 is 19.7 Å². The Morgan fingerprint density at radius 1 is 1.43 bits per heavy atom. The highest BCUT2D eigenvalue weighted by atomic mass is 16.7. The molecule has 3 N–H and O–H groups in total. The van der Waals surface area contributed by atoms with Crippen molar-refractivity contribution < 1.29 is 20.1 Å². The van der Waals surface area contributed by atoms with E-state index in [4.69, 9.17) is 15.3 Å². The van der Waals surface area contributed by atoms with Crippen molar-refractivity contribution in [3.8, 4) is 0 Å². The van der Waals surface area contributed by atoms with Crippen molar-refractivity contribution >= 4 is 0 Å². The van der Waals surface area contributed by atoms with Crippen molar-refractivity contribution in [1.29, 1.82) is 0 Å². The van der Waals surface area contributed by atoms with Gasteiger partial charge in [-0.05, 0) is 0 Å². The molecule has 1 atom stereocenters. The van der Waals surface area contributed by atoms with Crippen LogP contribution in [0.4, 0.5) is 0 Å². The number of aliphatic hydroxyl groups is 3. The molecular weight excluding hydrogens is 100 g/mol. The Labute approximate surface area is 41.0 Å². The molecule has 0 amide bonds. The van der Waals surface area contributed by atoms with Crippen LogP contribution in [0.2, 0.25) is 0 Å². The minimum atomic E-state index is -1.25. The molecule has 44 valence electrons. The topological polar surface area (TPSA) is 69.9 Å². The summed E-state index contributed by atoms with van der Waals surface area (Å²) in [6, 6.07) is 0. The Bertz CT molecular complexity index is 37.9. The third-order valence-electron chi connectivity index (χ3n) is 0.423. The second kappa shape index (κ2) is 4.01. The van der Waals surface area contributed by atoms with Gasteiger partial charge in [-0.15, -0.1) is 0 Å². The van der Waals surface area contributed by atoms with E-state index in [0.29, 0.717) is 0 Å². The lowest BCUT2D eigenvalue weighted by Gasteiger charge is -2.02. The van der Waals surface area contributed by atoms with Crippen LogP contribution in [0.1, 0.15) is 0 Å². The lowest BCUT2D eigenvalue weighted by Crippen LogP contribution is -2.16. The van der Waals surface area contributed by atoms with Crippen molar-refractivity contribution in [2.24, 2.45) is 0 Å². The summed E-state index contributed by atoms with van der Waals surface area (Å²) in [5.74, 6) is 0. The van der Waals surface area contributed by atoms with Crippen LogP contribution < -0.4 is 0 Å². The fourth-order valence-electron chi connectivity index (χ4n) is 0.139. The van der Waals surface area contributed by atoms with E-state index in [9.17, 15) is 0 Å². The number of rotatable bonds is 3. The summed E-state index contributed by atoms with van der Waals surface area (Å²) in [6.45, 7) is -1.05. The summed E-state index contributed by atoms with van der Waals surface area (Å²) in [7, 11) is 0. The Hall–Kier alpha value is -0.160. The highest BCUT2D eigenvalue weighted by Gasteiger charge is 1.96. The molecule has 0 rings (SSSR count). The normalized spacial score (nSPS) is 14.1. The van der Waals surface area contributed by atoms with Crippen molar-refractivity contribution in [2.75, 3.05) is 13.4 Å². The average Bonchev–Trinajstić information content (AvgIpc) is 1.68. The molecule has 0 aliphatic carbocycles. The van der Waals surface area contributed by atoms with Crippen LogP contribution in [-0.2, 0) is 4.74 Å². The summed E-state index contributed by atoms with van der Waals surface area (Å²) >= 11 is 0. The molecule has 0 aliphatic heterocycles. The maximum absolute atomic E-state index is 8.23. The zero-order valence-corrected chi connectivity index (χ0v) is 3.74. The average molecular weight is 108 g/mol. The molecule has 7 heavy (non-hydrogen) atoms. The van der Waals surface area contributed by atoms with Crippen LogP contribution in [0.3, 0.4) is 0 Å². The van der Waals surface area contributed by atoms with Crippen molar-refractivity contribution in [1.82, 2.24) is 0 Å². The first-order valence-corrected chi connectivity index (χ1v) is 1.82. The van der Waals surface area contributed by atoms with E-state index in [1.807, 2.05) is 0 Å². The van der Waals surface area contributed by atoms with Gasteiger partial charge in [-0.2, -0.15) is 0 Å². The molecule has 0 saturated carbocycles. The summed E-state index contributed by atoms with van der Waals surface area (Å²) in [5.41, 5.74) is 0. The van der Waals surface area contributed by atoms with Gasteiger partial charge in [0.15, 0.2) is 6.29 Å². The molecule has 0 heterocycles. The SMILES string of the molecule is OCO[C@H](O)CO. The van der Waals surface area contributed by atoms with E-state index >= 15 is 0 Å². The standard InChI is InChI=1S/C3H8O4/c4-1-3(6)7-2-5/h3-6H,1-2H2/t3-/m0/s1. The lowest BCUT2D eigenvalue weighted by atomic mass is 10.7. The monoisotopic (exact) mass is 108 g/mol. The van der Waals surface area contributed by atoms with Crippen LogP contribution in [0.5, 0.6) is 0 Å². The maximum atomic E-state index is 8.23. The molecule has 0 radical (unpaired) electrons. The molecule has 4 heteroatoms. The highest BCUT2D eigenvalue weighted by Crippen LogP contribution is 1.79. The first-order valence-electron chi connectivity index (χ1n) is 1.82. The van der Waals surface area contributed by atoms with Gasteiger partial charge in [-0.25, -0.2) is 0 Å². The minimum Gasteiger partial charge on any atom is -0.391 e. The molecule has 0 aromatic carbocycles. The van der Waals surface area contributed by atoms with Crippen molar-refractivity contribution in [2.45, 2.75) is 6.29 Å². The largest absolute Gasteiger partial charge is 0.391 e. The van der Waals surface area contributed by atoms with E-state index in [0.717, 1.165) is 0 Å². The van der Waals surface area contributed by atoms with Crippen LogP contribution in [0, 0.1) is 0 Å². The zero-order chi connectivity index (χ0) is 5.70. The smallest absolute Gasteiger partial charge is 0.180 e. The van der Waals surface area contributed by atoms with Gasteiger partial charge in [-0.3, -0.25) is 0 Å². The third kappa shape index (κ3) is 3.68. The zero-order valence-electron chi connectivity index (χ0n) is 3.74. The summed E-state index contributed by atoms with van der Waals surface area (Å²) in [5, 5.41) is 24.1. The summed E-state index contributed by atoms with van der Waals surface area (Å²) in [4.78, 5) is 0. The van der Waals surface area contributed by atoms with Gasteiger partial charge in [0.25, 0.3) is 0 Å². The molecule has 0 fully saturated rings. The molecular formula is C3H8O4. The summed E-state index contributed by atoms with van der Waals surface area (Å²) in [6.07, 6.45) is -1.25. The first kappa shape index (κ1) is 6.84. The van der Waals surface area contributed by atoms with Crippen LogP contribution in [0.25, 0.3) is 0 Å². The molecule has 4 nitrogen and oxygen atoms in total. The second-order valence-corrected chi connectivity index (χ2v) is 0.933. The molecule has 0 saturated heterocycles. The molecule has 0 spiro atoms. The Morgan fingerprint density at radius 2 is 2.00 bits per heavy atom. The van der Waals surface area contributed by atoms with Gasteiger partial charge in [0.05, 0.1) is 6.61 Å². The van der Waals surface area contributed by atoms with Gasteiger partial charge in [0.2, 0.25) is 0 Å². The quantitative estimate of drug-likeness (QED) is 0.375. The molecule has 0 unspecified atom stereocenters. The number of aliphatic hydroxyl groups excluding tert-OH is 3. The van der Waals surface area contributed by atoms with Gasteiger partial charge in [0, 0.05) is 0 Å². The molecule has 0 aliphatic rings. The fraction of sp³-hybridized carbons (Fsp3) is 1.00. The van der Waals surface area contributed by atoms with Crippen LogP contribution in [0.15, 0.2) is 0 Å². The molecule has 0 aromatic heterocycles. The van der Waals surface area contributed by atoms with Crippen molar-refractivity contribution in [3.05, 3.63) is 0 Å². The van der Waals surface area contributed by atoms with Crippen LogP contribution >= 0.6 is 0 Å². The van der Waals surface area contributed by atoms with E-state index in [-0.39, 0.29) is 0 Å². The third-order valence-corrected chi connectivity index (χ3v) is 0.423. The maximum Gasteiger partial charge on any atom is 0.180 e. The van der Waals surface area contributed by atoms with Gasteiger partial charge < -0.3 is 20.1 Å². The second-order valence-electron chi connectivity index (χ2n) is 0.933. The molecule has 0 aromatic rings. The van der Waals surface area contributed by atoms with E-state index in [1.54, 1.807) is 0 Å². The predicted molar refractivity (Wildman–Crippen MR) is 21.3 cm³/mol. The number of hydrogen-bond donors (Lipinski definition) is 3. The van der Waals surface area contributed by atoms with E-state index in [1.165, 1.54) is 0 Å². The summed E-state index contributed by atoms with van der Waals surface area (Å²) < 4.78 is 4.05. The minimum absolute atomic E-state index is 0.486. The lowest BCUT2D eigenvalue weighted by molar-refractivity contribution is -0.167. The Kier molecular flexibility index (Phi) is 3.92. The van der Waals surface area contributed by atoms with Gasteiger partial charge in [-0.1, -0.05) is 0 Å². The first-order chi connectivity index (χ1) is 3.31. The van der Waals surface area contributed by atoms with E-state index in [2.05, 4.69) is 4.74 Å².